The minimum absolute atomic E-state index is 0. The van der Waals surface area contributed by atoms with Crippen molar-refractivity contribution in [2.45, 2.75) is 52.7 Å². The van der Waals surface area contributed by atoms with E-state index in [1.807, 2.05) is 61.8 Å². The van der Waals surface area contributed by atoms with Gasteiger partial charge in [-0.25, -0.2) is 9.78 Å². The summed E-state index contributed by atoms with van der Waals surface area (Å²) in [4.78, 5) is 26.6. The lowest BCUT2D eigenvalue weighted by Gasteiger charge is -2.36. The van der Waals surface area contributed by atoms with Crippen molar-refractivity contribution >= 4 is 52.3 Å². The number of carbonyl (C=O) groups is 1. The predicted octanol–water partition coefficient (Wildman–Crippen LogP) is 4.06. The molecule has 8 nitrogen and oxygen atoms in total. The molecule has 2 aromatic rings. The van der Waals surface area contributed by atoms with Crippen LogP contribution in [0.2, 0.25) is 0 Å². The maximum absolute atomic E-state index is 12.4. The number of likely N-dealkylation sites (tertiary alicyclic amines) is 1. The SMILES string of the molecule is CCN(CC1CCN(C(=NC)NCc2cn3ccsc3n2)CC1)C(=O)OC(C)(C)C.I. The molecule has 1 fully saturated rings. The van der Waals surface area contributed by atoms with Crippen molar-refractivity contribution in [1.82, 2.24) is 24.5 Å². The molecule has 0 unspecified atom stereocenters. The molecule has 1 aliphatic rings. The van der Waals surface area contributed by atoms with Gasteiger partial charge in [0.2, 0.25) is 0 Å². The third-order valence-electron chi connectivity index (χ3n) is 5.21. The molecular formula is C21H35IN6O2S. The lowest BCUT2D eigenvalue weighted by molar-refractivity contribution is 0.0214. The Kier molecular flexibility index (Phi) is 9.41. The van der Waals surface area contributed by atoms with Crippen molar-refractivity contribution in [1.29, 1.82) is 0 Å². The maximum atomic E-state index is 12.4. The molecule has 1 saturated heterocycles. The number of aromatic nitrogens is 2. The predicted molar refractivity (Wildman–Crippen MR) is 136 cm³/mol. The van der Waals surface area contributed by atoms with Crippen LogP contribution in [0.15, 0.2) is 22.8 Å². The van der Waals surface area contributed by atoms with E-state index < -0.39 is 5.60 Å². The molecule has 1 N–H and O–H groups in total. The molecule has 3 rings (SSSR count). The van der Waals surface area contributed by atoms with E-state index in [4.69, 9.17) is 4.74 Å². The standard InChI is InChI=1S/C21H34N6O2S.HI/c1-6-25(20(28)29-21(2,3)4)14-16-7-9-26(10-8-16)18(22-5)23-13-17-15-27-11-12-30-19(27)24-17;/h11-12,15-16H,6-10,13-14H2,1-5H3,(H,22,23);1H. The van der Waals surface area contributed by atoms with Gasteiger partial charge < -0.3 is 19.9 Å². The zero-order chi connectivity index (χ0) is 21.7. The monoisotopic (exact) mass is 562 g/mol. The van der Waals surface area contributed by atoms with E-state index in [1.165, 1.54) is 0 Å². The number of hydrogen-bond acceptors (Lipinski definition) is 5. The van der Waals surface area contributed by atoms with Crippen LogP contribution in [0.1, 0.15) is 46.2 Å². The van der Waals surface area contributed by atoms with Crippen molar-refractivity contribution in [2.75, 3.05) is 33.2 Å². The van der Waals surface area contributed by atoms with E-state index in [-0.39, 0.29) is 30.1 Å². The van der Waals surface area contributed by atoms with Crippen molar-refractivity contribution < 1.29 is 9.53 Å². The smallest absolute Gasteiger partial charge is 0.410 e. The van der Waals surface area contributed by atoms with Crippen LogP contribution in [-0.2, 0) is 11.3 Å². The highest BCUT2D eigenvalue weighted by molar-refractivity contribution is 14.0. The van der Waals surface area contributed by atoms with Crippen LogP contribution in [-0.4, -0.2) is 70.1 Å². The first-order valence-electron chi connectivity index (χ1n) is 10.6. The topological polar surface area (TPSA) is 74.5 Å². The van der Waals surface area contributed by atoms with E-state index in [2.05, 4.69) is 20.2 Å². The molecule has 1 amide bonds. The molecule has 2 aromatic heterocycles. The van der Waals surface area contributed by atoms with Gasteiger partial charge in [-0.15, -0.1) is 35.3 Å². The Morgan fingerprint density at radius 1 is 1.39 bits per heavy atom. The molecule has 0 aliphatic carbocycles. The number of ether oxygens (including phenoxy) is 1. The summed E-state index contributed by atoms with van der Waals surface area (Å²) in [6, 6.07) is 0. The van der Waals surface area contributed by atoms with Crippen molar-refractivity contribution in [3.8, 4) is 0 Å². The molecule has 0 saturated carbocycles. The van der Waals surface area contributed by atoms with Gasteiger partial charge in [0, 0.05) is 51.0 Å². The Morgan fingerprint density at radius 3 is 2.68 bits per heavy atom. The van der Waals surface area contributed by atoms with Gasteiger partial charge in [0.15, 0.2) is 10.9 Å². The fraction of sp³-hybridized carbons (Fsp3) is 0.667. The molecule has 0 spiro atoms. The Morgan fingerprint density at radius 2 is 2.10 bits per heavy atom. The number of halogens is 1. The average molecular weight is 563 g/mol. The van der Waals surface area contributed by atoms with E-state index >= 15 is 0 Å². The zero-order valence-electron chi connectivity index (χ0n) is 19.1. The van der Waals surface area contributed by atoms with Gasteiger partial charge in [-0.2, -0.15) is 0 Å². The molecule has 0 radical (unpaired) electrons. The minimum atomic E-state index is -0.462. The number of thiazole rings is 1. The summed E-state index contributed by atoms with van der Waals surface area (Å²) < 4.78 is 7.58. The van der Waals surface area contributed by atoms with Gasteiger partial charge in [0.25, 0.3) is 0 Å². The summed E-state index contributed by atoms with van der Waals surface area (Å²) in [5, 5.41) is 5.47. The Labute approximate surface area is 206 Å². The number of amides is 1. The highest BCUT2D eigenvalue weighted by Crippen LogP contribution is 2.20. The van der Waals surface area contributed by atoms with E-state index in [0.29, 0.717) is 19.0 Å². The summed E-state index contributed by atoms with van der Waals surface area (Å²) >= 11 is 1.63. The molecule has 174 valence electrons. The molecule has 1 aliphatic heterocycles. The van der Waals surface area contributed by atoms with Gasteiger partial charge in [-0.05, 0) is 46.5 Å². The second-order valence-corrected chi connectivity index (χ2v) is 9.55. The first kappa shape index (κ1) is 25.7. The van der Waals surface area contributed by atoms with Crippen LogP contribution < -0.4 is 5.32 Å². The second kappa shape index (κ2) is 11.3. The molecule has 3 heterocycles. The van der Waals surface area contributed by atoms with Crippen LogP contribution >= 0.6 is 35.3 Å². The van der Waals surface area contributed by atoms with Crippen LogP contribution in [0.4, 0.5) is 4.79 Å². The highest BCUT2D eigenvalue weighted by atomic mass is 127. The summed E-state index contributed by atoms with van der Waals surface area (Å²) in [6.45, 7) is 11.6. The Balaban J connectivity index is 0.00000341. The first-order valence-corrected chi connectivity index (χ1v) is 11.5. The number of carbonyl (C=O) groups excluding carboxylic acids is 1. The van der Waals surface area contributed by atoms with Crippen LogP contribution in [0.25, 0.3) is 4.96 Å². The molecule has 31 heavy (non-hydrogen) atoms. The Bertz CT molecular complexity index is 838. The Hall–Kier alpha value is -1.56. The summed E-state index contributed by atoms with van der Waals surface area (Å²) in [5.41, 5.74) is 0.546. The number of hydrogen-bond donors (Lipinski definition) is 1. The number of imidazole rings is 1. The van der Waals surface area contributed by atoms with Crippen LogP contribution in [0.3, 0.4) is 0 Å². The number of piperidine rings is 1. The summed E-state index contributed by atoms with van der Waals surface area (Å²) in [5.74, 6) is 1.39. The van der Waals surface area contributed by atoms with Gasteiger partial charge in [0.1, 0.15) is 5.60 Å². The minimum Gasteiger partial charge on any atom is -0.444 e. The number of rotatable bonds is 5. The maximum Gasteiger partial charge on any atom is 0.410 e. The van der Waals surface area contributed by atoms with Crippen molar-refractivity contribution in [3.05, 3.63) is 23.5 Å². The van der Waals surface area contributed by atoms with Gasteiger partial charge in [-0.1, -0.05) is 0 Å². The fourth-order valence-electron chi connectivity index (χ4n) is 3.66. The van der Waals surface area contributed by atoms with Crippen LogP contribution in [0, 0.1) is 5.92 Å². The average Bonchev–Trinajstić information content (AvgIpc) is 3.28. The van der Waals surface area contributed by atoms with Gasteiger partial charge in [-0.3, -0.25) is 9.39 Å². The lowest BCUT2D eigenvalue weighted by Crippen LogP contribution is -2.47. The van der Waals surface area contributed by atoms with Crippen LogP contribution in [0.5, 0.6) is 0 Å². The quantitative estimate of drug-likeness (QED) is 0.338. The fourth-order valence-corrected chi connectivity index (χ4v) is 4.38. The number of nitrogens with zero attached hydrogens (tertiary/aromatic N) is 5. The number of aliphatic imine (C=N–C) groups is 1. The third-order valence-corrected chi connectivity index (χ3v) is 5.98. The zero-order valence-corrected chi connectivity index (χ0v) is 22.3. The van der Waals surface area contributed by atoms with Crippen molar-refractivity contribution in [3.63, 3.8) is 0 Å². The van der Waals surface area contributed by atoms with E-state index in [0.717, 1.165) is 49.1 Å². The molecule has 0 atom stereocenters. The molecule has 0 aromatic carbocycles. The van der Waals surface area contributed by atoms with Gasteiger partial charge >= 0.3 is 6.09 Å². The van der Waals surface area contributed by atoms with E-state index in [1.54, 1.807) is 11.3 Å². The number of nitrogens with one attached hydrogen (secondary N) is 1. The molecular weight excluding hydrogens is 527 g/mol. The van der Waals surface area contributed by atoms with Gasteiger partial charge in [0.05, 0.1) is 12.2 Å². The number of fused-ring (bicyclic) bond motifs is 1. The second-order valence-electron chi connectivity index (χ2n) is 8.68. The summed E-state index contributed by atoms with van der Waals surface area (Å²) in [6.07, 6.45) is 5.91. The highest BCUT2D eigenvalue weighted by Gasteiger charge is 2.27. The third kappa shape index (κ3) is 7.23. The molecule has 10 heteroatoms. The lowest BCUT2D eigenvalue weighted by atomic mass is 9.96. The van der Waals surface area contributed by atoms with Crippen molar-refractivity contribution in [2.24, 2.45) is 10.9 Å². The largest absolute Gasteiger partial charge is 0.444 e. The first-order chi connectivity index (χ1) is 14.3. The van der Waals surface area contributed by atoms with E-state index in [9.17, 15) is 4.79 Å². The molecule has 0 bridgehead atoms. The number of guanidine groups is 1. The normalized spacial score (nSPS) is 15.6. The summed E-state index contributed by atoms with van der Waals surface area (Å²) in [7, 11) is 1.82.